The second-order valence-electron chi connectivity index (χ2n) is 6.87. The molecule has 4 aromatic rings. The van der Waals surface area contributed by atoms with Crippen molar-refractivity contribution in [2.45, 2.75) is 12.8 Å². The summed E-state index contributed by atoms with van der Waals surface area (Å²) < 4.78 is 1.60. The van der Waals surface area contributed by atoms with Crippen molar-refractivity contribution in [3.63, 3.8) is 0 Å². The number of nitrogens with zero attached hydrogens (tertiary/aromatic N) is 2. The van der Waals surface area contributed by atoms with E-state index in [1.807, 2.05) is 55.6 Å². The summed E-state index contributed by atoms with van der Waals surface area (Å²) in [5.41, 5.74) is 4.49. The van der Waals surface area contributed by atoms with Gasteiger partial charge in [0.25, 0.3) is 5.91 Å². The molecule has 4 rings (SSSR count). The maximum Gasteiger partial charge on any atom is 0.269 e. The molecule has 2 heterocycles. The minimum absolute atomic E-state index is 0.0804. The topological polar surface area (TPSA) is 62.7 Å². The lowest BCUT2D eigenvalue weighted by atomic mass is 9.90. The number of nitrogens with one attached hydrogen (secondary N) is 2. The molecule has 1 atom stereocenters. The molecule has 0 radical (unpaired) electrons. The van der Waals surface area contributed by atoms with E-state index in [0.717, 1.165) is 27.7 Å². The van der Waals surface area contributed by atoms with Gasteiger partial charge in [0.15, 0.2) is 0 Å². The van der Waals surface area contributed by atoms with Crippen molar-refractivity contribution < 1.29 is 4.79 Å². The molecule has 0 spiro atoms. The van der Waals surface area contributed by atoms with Crippen molar-refractivity contribution in [2.24, 2.45) is 7.05 Å². The summed E-state index contributed by atoms with van der Waals surface area (Å²) in [5, 5.41) is 9.12. The summed E-state index contributed by atoms with van der Waals surface area (Å²) in [5.74, 6) is -0.233. The van der Waals surface area contributed by atoms with Crippen LogP contribution in [-0.2, 0) is 7.05 Å². The molecule has 0 saturated heterocycles. The predicted molar refractivity (Wildman–Crippen MR) is 112 cm³/mol. The number of carbonyl (C=O) groups excluding carboxylic acids is 1. The predicted octanol–water partition coefficient (Wildman–Crippen LogP) is 4.43. The van der Waals surface area contributed by atoms with Gasteiger partial charge in [0.05, 0.1) is 5.69 Å². The zero-order valence-corrected chi connectivity index (χ0v) is 16.5. The largest absolute Gasteiger partial charge is 0.361 e. The fraction of sp³-hybridized carbons (Fsp3) is 0.182. The Bertz CT molecular complexity index is 1140. The summed E-state index contributed by atoms with van der Waals surface area (Å²) in [6, 6.07) is 17.7. The van der Waals surface area contributed by atoms with Gasteiger partial charge in [-0.25, -0.2) is 0 Å². The number of hydrogen-bond donors (Lipinski definition) is 2. The van der Waals surface area contributed by atoms with Crippen molar-refractivity contribution in [1.29, 1.82) is 0 Å². The van der Waals surface area contributed by atoms with E-state index >= 15 is 0 Å². The van der Waals surface area contributed by atoms with Crippen LogP contribution >= 0.6 is 11.6 Å². The molecule has 0 aliphatic heterocycles. The number of rotatable bonds is 5. The molecule has 0 aliphatic carbocycles. The average molecular weight is 393 g/mol. The highest BCUT2D eigenvalue weighted by molar-refractivity contribution is 6.31. The third-order valence-corrected chi connectivity index (χ3v) is 5.32. The number of halogens is 1. The van der Waals surface area contributed by atoms with E-state index in [4.69, 9.17) is 11.6 Å². The number of amides is 1. The maximum atomic E-state index is 12.7. The first-order valence-corrected chi connectivity index (χ1v) is 9.51. The van der Waals surface area contributed by atoms with Gasteiger partial charge in [0.1, 0.15) is 5.69 Å². The highest BCUT2D eigenvalue weighted by Crippen LogP contribution is 2.34. The van der Waals surface area contributed by atoms with Crippen LogP contribution in [0.2, 0.25) is 5.02 Å². The summed E-state index contributed by atoms with van der Waals surface area (Å²) in [4.78, 5) is 16.0. The van der Waals surface area contributed by atoms with Crippen LogP contribution in [0.1, 0.15) is 33.2 Å². The van der Waals surface area contributed by atoms with Crippen LogP contribution in [0.4, 0.5) is 0 Å². The van der Waals surface area contributed by atoms with Gasteiger partial charge in [-0.15, -0.1) is 0 Å². The van der Waals surface area contributed by atoms with E-state index in [0.29, 0.717) is 17.3 Å². The number of carbonyl (C=O) groups is 1. The minimum Gasteiger partial charge on any atom is -0.361 e. The lowest BCUT2D eigenvalue weighted by Gasteiger charge is -2.19. The van der Waals surface area contributed by atoms with E-state index in [1.54, 1.807) is 17.8 Å². The van der Waals surface area contributed by atoms with E-state index in [9.17, 15) is 4.79 Å². The number of aryl methyl sites for hydroxylation is 2. The minimum atomic E-state index is -0.153. The maximum absolute atomic E-state index is 12.7. The van der Waals surface area contributed by atoms with Crippen molar-refractivity contribution in [3.8, 4) is 0 Å². The number of aromatic amines is 1. The van der Waals surface area contributed by atoms with Crippen LogP contribution in [-0.4, -0.2) is 27.2 Å². The molecule has 28 heavy (non-hydrogen) atoms. The van der Waals surface area contributed by atoms with Crippen LogP contribution in [0.25, 0.3) is 10.9 Å². The molecule has 0 bridgehead atoms. The first kappa shape index (κ1) is 18.3. The second kappa shape index (κ2) is 7.52. The average Bonchev–Trinajstić information content (AvgIpc) is 3.26. The van der Waals surface area contributed by atoms with Gasteiger partial charge in [0.2, 0.25) is 0 Å². The lowest BCUT2D eigenvalue weighted by molar-refractivity contribution is 0.0943. The van der Waals surface area contributed by atoms with Crippen molar-refractivity contribution in [2.75, 3.05) is 6.54 Å². The van der Waals surface area contributed by atoms with E-state index in [1.165, 1.54) is 0 Å². The third kappa shape index (κ3) is 3.41. The Labute approximate surface area is 168 Å². The van der Waals surface area contributed by atoms with Gasteiger partial charge >= 0.3 is 0 Å². The van der Waals surface area contributed by atoms with Crippen molar-refractivity contribution in [3.05, 3.63) is 88.3 Å². The van der Waals surface area contributed by atoms with Gasteiger partial charge < -0.3 is 10.3 Å². The smallest absolute Gasteiger partial charge is 0.269 e. The van der Waals surface area contributed by atoms with Crippen LogP contribution in [0.5, 0.6) is 0 Å². The highest BCUT2D eigenvalue weighted by atomic mass is 35.5. The molecular weight excluding hydrogens is 372 g/mol. The Kier molecular flexibility index (Phi) is 4.92. The Hall–Kier alpha value is -3.05. The number of benzene rings is 2. The first-order valence-electron chi connectivity index (χ1n) is 9.14. The fourth-order valence-corrected chi connectivity index (χ4v) is 3.90. The molecule has 0 fully saturated rings. The van der Waals surface area contributed by atoms with Crippen molar-refractivity contribution in [1.82, 2.24) is 20.1 Å². The van der Waals surface area contributed by atoms with Gasteiger partial charge in [-0.1, -0.05) is 48.0 Å². The van der Waals surface area contributed by atoms with Gasteiger partial charge in [0, 0.05) is 41.6 Å². The zero-order chi connectivity index (χ0) is 19.7. The first-order chi connectivity index (χ1) is 13.5. The quantitative estimate of drug-likeness (QED) is 0.528. The molecule has 0 aliphatic rings. The molecule has 142 valence electrons. The zero-order valence-electron chi connectivity index (χ0n) is 15.7. The Morgan fingerprint density at radius 2 is 1.93 bits per heavy atom. The molecular formula is C22H21ClN4O. The van der Waals surface area contributed by atoms with E-state index in [2.05, 4.69) is 21.5 Å². The number of H-pyrrole nitrogens is 1. The van der Waals surface area contributed by atoms with Gasteiger partial charge in [-0.3, -0.25) is 9.48 Å². The molecule has 2 aromatic carbocycles. The lowest BCUT2D eigenvalue weighted by Crippen LogP contribution is -2.30. The fourth-order valence-electron chi connectivity index (χ4n) is 3.64. The van der Waals surface area contributed by atoms with Crippen LogP contribution < -0.4 is 5.32 Å². The molecule has 6 heteroatoms. The molecule has 2 aromatic heterocycles. The third-order valence-electron chi connectivity index (χ3n) is 4.98. The molecule has 5 nitrogen and oxygen atoms in total. The SMILES string of the molecule is Cc1cc(C(=O)NCC(c2ccccc2Cl)c2c[nH]c3ccccc23)n(C)n1. The van der Waals surface area contributed by atoms with E-state index in [-0.39, 0.29) is 11.8 Å². The monoisotopic (exact) mass is 392 g/mol. The van der Waals surface area contributed by atoms with Crippen molar-refractivity contribution >= 4 is 28.4 Å². The van der Waals surface area contributed by atoms with E-state index < -0.39 is 0 Å². The number of aromatic nitrogens is 3. The Morgan fingerprint density at radius 3 is 2.68 bits per heavy atom. The number of fused-ring (bicyclic) bond motifs is 1. The van der Waals surface area contributed by atoms with Crippen LogP contribution in [0.15, 0.2) is 60.8 Å². The summed E-state index contributed by atoms with van der Waals surface area (Å²) in [6.45, 7) is 2.30. The standard InChI is InChI=1S/C22H21ClN4O/c1-14-11-21(27(2)26-14)22(28)25-13-17(15-7-3-5-9-19(15)23)18-12-24-20-10-6-4-8-16(18)20/h3-12,17,24H,13H2,1-2H3,(H,25,28). The Morgan fingerprint density at radius 1 is 1.18 bits per heavy atom. The molecule has 1 amide bonds. The van der Waals surface area contributed by atoms with Crippen LogP contribution in [0, 0.1) is 6.92 Å². The molecule has 1 unspecified atom stereocenters. The summed E-state index contributed by atoms with van der Waals surface area (Å²) in [7, 11) is 1.77. The Balaban J connectivity index is 1.69. The highest BCUT2D eigenvalue weighted by Gasteiger charge is 2.22. The summed E-state index contributed by atoms with van der Waals surface area (Å²) >= 11 is 6.51. The number of para-hydroxylation sites is 1. The molecule has 0 saturated carbocycles. The molecule has 2 N–H and O–H groups in total. The van der Waals surface area contributed by atoms with Crippen LogP contribution in [0.3, 0.4) is 0 Å². The normalized spacial score (nSPS) is 12.2. The number of hydrogen-bond acceptors (Lipinski definition) is 2. The second-order valence-corrected chi connectivity index (χ2v) is 7.28. The van der Waals surface area contributed by atoms with Gasteiger partial charge in [-0.2, -0.15) is 5.10 Å². The summed E-state index contributed by atoms with van der Waals surface area (Å²) in [6.07, 6.45) is 2.00. The van der Waals surface area contributed by atoms with Gasteiger partial charge in [-0.05, 0) is 36.2 Å².